The van der Waals surface area contributed by atoms with Gasteiger partial charge in [-0.25, -0.2) is 0 Å². The fraction of sp³-hybridized carbons (Fsp3) is 0.806. The van der Waals surface area contributed by atoms with Gasteiger partial charge in [-0.2, -0.15) is 0 Å². The zero-order chi connectivity index (χ0) is 62.6. The van der Waals surface area contributed by atoms with Crippen LogP contribution in [0.5, 0.6) is 0 Å². The molecular weight excluding hydrogens is 1110 g/mol. The van der Waals surface area contributed by atoms with Crippen LogP contribution >= 0.6 is 0 Å². The first kappa shape index (κ1) is 77.5. The van der Waals surface area contributed by atoms with Crippen LogP contribution in [-0.4, -0.2) is 193 Å². The maximum absolute atomic E-state index is 13.4. The third-order valence-electron chi connectivity index (χ3n) is 16.3. The van der Waals surface area contributed by atoms with Crippen LogP contribution in [-0.2, 0) is 33.2 Å². The van der Waals surface area contributed by atoms with Gasteiger partial charge in [-0.1, -0.05) is 215 Å². The molecule has 12 N–H and O–H groups in total. The molecule has 19 heteroatoms. The zero-order valence-corrected chi connectivity index (χ0v) is 52.3. The summed E-state index contributed by atoms with van der Waals surface area (Å²) in [5.74, 6) is -0.289. The van der Waals surface area contributed by atoms with E-state index in [0.29, 0.717) is 6.42 Å². The van der Waals surface area contributed by atoms with E-state index < -0.39 is 124 Å². The molecule has 17 unspecified atom stereocenters. The van der Waals surface area contributed by atoms with Gasteiger partial charge >= 0.3 is 0 Å². The first-order valence-corrected chi connectivity index (χ1v) is 33.2. The molecular formula is C67H117NO18. The predicted molar refractivity (Wildman–Crippen MR) is 332 cm³/mol. The van der Waals surface area contributed by atoms with Gasteiger partial charge in [0, 0.05) is 6.42 Å². The highest BCUT2D eigenvalue weighted by atomic mass is 16.8. The molecule has 19 nitrogen and oxygen atoms in total. The van der Waals surface area contributed by atoms with Crippen molar-refractivity contribution in [2.24, 2.45) is 0 Å². The van der Waals surface area contributed by atoms with Gasteiger partial charge in [-0.15, -0.1) is 0 Å². The molecule has 0 aliphatic carbocycles. The fourth-order valence-corrected chi connectivity index (χ4v) is 10.9. The molecule has 0 aromatic heterocycles. The van der Waals surface area contributed by atoms with Crippen molar-refractivity contribution in [3.05, 3.63) is 72.9 Å². The summed E-state index contributed by atoms with van der Waals surface area (Å²) in [6, 6.07) is -0.983. The van der Waals surface area contributed by atoms with Crippen molar-refractivity contribution in [1.82, 2.24) is 5.32 Å². The van der Waals surface area contributed by atoms with Crippen molar-refractivity contribution < 1.29 is 89.4 Å². The Kier molecular flexibility index (Phi) is 44.1. The highest BCUT2D eigenvalue weighted by molar-refractivity contribution is 5.76. The Hall–Kier alpha value is -2.77. The van der Waals surface area contributed by atoms with E-state index in [1.54, 1.807) is 6.08 Å². The van der Waals surface area contributed by atoms with Crippen LogP contribution in [0.4, 0.5) is 0 Å². The van der Waals surface area contributed by atoms with Crippen LogP contribution in [0, 0.1) is 0 Å². The van der Waals surface area contributed by atoms with Crippen molar-refractivity contribution in [1.29, 1.82) is 0 Å². The summed E-state index contributed by atoms with van der Waals surface area (Å²) in [4.78, 5) is 13.4. The summed E-state index contributed by atoms with van der Waals surface area (Å²) in [6.07, 6.45) is 32.9. The largest absolute Gasteiger partial charge is 0.394 e. The number of hydrogen-bond acceptors (Lipinski definition) is 18. The van der Waals surface area contributed by atoms with Gasteiger partial charge in [0.05, 0.1) is 38.6 Å². The average Bonchev–Trinajstić information content (AvgIpc) is 1.83. The number of rotatable bonds is 49. The third kappa shape index (κ3) is 31.3. The number of carbonyl (C=O) groups is 1. The number of hydrogen-bond donors (Lipinski definition) is 12. The molecule has 3 saturated heterocycles. The topological polar surface area (TPSA) is 307 Å². The molecule has 1 amide bonds. The van der Waals surface area contributed by atoms with E-state index in [1.807, 2.05) is 6.08 Å². The summed E-state index contributed by atoms with van der Waals surface area (Å²) in [5.41, 5.74) is 0. The van der Waals surface area contributed by atoms with Crippen molar-refractivity contribution in [3.63, 3.8) is 0 Å². The van der Waals surface area contributed by atoms with Crippen molar-refractivity contribution in [3.8, 4) is 0 Å². The standard InChI is InChI=1S/C67H117NO18/c1-3-5-7-9-11-13-15-17-19-21-23-24-25-26-27-29-31-33-35-37-39-41-43-45-55(73)68-50(51(72)44-42-40-38-36-34-32-30-28-22-20-18-16-14-12-10-8-6-4-2)49-81-65-61(79)58(76)63(53(47-70)83-65)86-67-62(80)59(77)64(54(48-71)84-67)85-66-60(78)57(75)56(74)52(46-69)82-66/h5,7,11,13,17,19,23-24,26-27,42,44,50-54,56-67,69-72,74-80H,3-4,6,8-10,12,14-16,18,20-22,25,28-41,43,45-49H2,1-2H3,(H,68,73)/b7-5-,13-11-,19-17-,24-23-,27-26-,44-42+. The Morgan fingerprint density at radius 3 is 1.26 bits per heavy atom. The second-order valence-electron chi connectivity index (χ2n) is 23.6. The number of unbranched alkanes of at least 4 members (excludes halogenated alkanes) is 23. The minimum absolute atomic E-state index is 0.227. The van der Waals surface area contributed by atoms with Crippen LogP contribution < -0.4 is 5.32 Å². The summed E-state index contributed by atoms with van der Waals surface area (Å²) in [6.45, 7) is 1.61. The summed E-state index contributed by atoms with van der Waals surface area (Å²) in [7, 11) is 0. The van der Waals surface area contributed by atoms with Crippen LogP contribution in [0.25, 0.3) is 0 Å². The Morgan fingerprint density at radius 2 is 0.802 bits per heavy atom. The normalized spacial score (nSPS) is 29.2. The molecule has 0 aromatic carbocycles. The molecule has 0 saturated carbocycles. The van der Waals surface area contributed by atoms with Crippen molar-refractivity contribution >= 4 is 5.91 Å². The lowest BCUT2D eigenvalue weighted by molar-refractivity contribution is -0.379. The smallest absolute Gasteiger partial charge is 0.220 e. The second-order valence-corrected chi connectivity index (χ2v) is 23.6. The van der Waals surface area contributed by atoms with Gasteiger partial charge in [0.15, 0.2) is 18.9 Å². The van der Waals surface area contributed by atoms with E-state index in [9.17, 15) is 61.0 Å². The Bertz CT molecular complexity index is 1850. The average molecular weight is 1220 g/mol. The van der Waals surface area contributed by atoms with E-state index in [4.69, 9.17) is 28.4 Å². The number of carbonyl (C=O) groups excluding carboxylic acids is 1. The molecule has 498 valence electrons. The number of aliphatic hydroxyl groups is 11. The molecule has 3 aliphatic heterocycles. The van der Waals surface area contributed by atoms with Gasteiger partial charge in [0.1, 0.15) is 73.2 Å². The van der Waals surface area contributed by atoms with Crippen LogP contribution in [0.1, 0.15) is 213 Å². The second kappa shape index (κ2) is 49.0. The molecule has 3 heterocycles. The molecule has 3 rings (SSSR count). The highest BCUT2D eigenvalue weighted by Gasteiger charge is 2.53. The van der Waals surface area contributed by atoms with Gasteiger partial charge < -0.3 is 89.9 Å². The quantitative estimate of drug-likeness (QED) is 0.0204. The lowest BCUT2D eigenvalue weighted by Gasteiger charge is -2.48. The first-order chi connectivity index (χ1) is 41.8. The minimum atomic E-state index is -1.98. The van der Waals surface area contributed by atoms with E-state index in [2.05, 4.69) is 79.9 Å². The number of ether oxygens (including phenoxy) is 6. The molecule has 3 fully saturated rings. The maximum atomic E-state index is 13.4. The lowest BCUT2D eigenvalue weighted by Crippen LogP contribution is -2.66. The van der Waals surface area contributed by atoms with Gasteiger partial charge in [0.25, 0.3) is 0 Å². The fourth-order valence-electron chi connectivity index (χ4n) is 10.9. The molecule has 0 radical (unpaired) electrons. The number of nitrogens with one attached hydrogen (secondary N) is 1. The molecule has 0 bridgehead atoms. The van der Waals surface area contributed by atoms with Gasteiger partial charge in [-0.3, -0.25) is 4.79 Å². The highest BCUT2D eigenvalue weighted by Crippen LogP contribution is 2.33. The van der Waals surface area contributed by atoms with E-state index >= 15 is 0 Å². The molecule has 86 heavy (non-hydrogen) atoms. The van der Waals surface area contributed by atoms with Crippen molar-refractivity contribution in [2.45, 2.75) is 317 Å². The Morgan fingerprint density at radius 1 is 0.430 bits per heavy atom. The molecule has 3 aliphatic rings. The number of aliphatic hydroxyl groups excluding tert-OH is 11. The first-order valence-electron chi connectivity index (χ1n) is 33.2. The molecule has 0 spiro atoms. The van der Waals surface area contributed by atoms with Crippen LogP contribution in [0.15, 0.2) is 72.9 Å². The van der Waals surface area contributed by atoms with Crippen LogP contribution in [0.3, 0.4) is 0 Å². The summed E-state index contributed by atoms with van der Waals surface area (Å²) >= 11 is 0. The predicted octanol–water partition coefficient (Wildman–Crippen LogP) is 7.77. The molecule has 0 aromatic rings. The minimum Gasteiger partial charge on any atom is -0.394 e. The van der Waals surface area contributed by atoms with Crippen molar-refractivity contribution in [2.75, 3.05) is 26.4 Å². The Labute approximate surface area is 515 Å². The monoisotopic (exact) mass is 1220 g/mol. The summed E-state index contributed by atoms with van der Waals surface area (Å²) < 4.78 is 34.3. The van der Waals surface area contributed by atoms with E-state index in [0.717, 1.165) is 103 Å². The summed E-state index contributed by atoms with van der Waals surface area (Å²) in [5, 5.41) is 120. The molecule has 17 atom stereocenters. The SMILES string of the molecule is CC/C=C\C/C=C\C/C=C\C/C=C\C/C=C\CCCCCCCCCC(=O)NC(COC1OC(CO)C(OC2OC(CO)C(OC3OC(CO)C(O)C(O)C3O)C(O)C2O)C(O)C1O)C(O)/C=C/CCCCCCCCCCCCCCCCCC. The maximum Gasteiger partial charge on any atom is 0.220 e. The van der Waals surface area contributed by atoms with Gasteiger partial charge in [-0.05, 0) is 64.2 Å². The third-order valence-corrected chi connectivity index (χ3v) is 16.3. The van der Waals surface area contributed by atoms with Gasteiger partial charge in [0.2, 0.25) is 5.91 Å². The lowest BCUT2D eigenvalue weighted by atomic mass is 9.96. The van der Waals surface area contributed by atoms with Crippen LogP contribution in [0.2, 0.25) is 0 Å². The number of amides is 1. The van der Waals surface area contributed by atoms with E-state index in [1.165, 1.54) is 83.5 Å². The zero-order valence-electron chi connectivity index (χ0n) is 52.3. The Balaban J connectivity index is 1.47. The number of allylic oxidation sites excluding steroid dienone is 11. The van der Waals surface area contributed by atoms with E-state index in [-0.39, 0.29) is 18.9 Å².